The van der Waals surface area contributed by atoms with Crippen molar-refractivity contribution in [1.82, 2.24) is 0 Å². The molecule has 1 N–H and O–H groups in total. The molecule has 0 atom stereocenters. The first-order chi connectivity index (χ1) is 6.15. The Bertz CT molecular complexity index is 274. The number of halogens is 3. The average Bonchev–Trinajstić information content (AvgIpc) is 2.15. The Morgan fingerprint density at radius 3 is 1.85 bits per heavy atom. The molecular formula is C9H12F3N. The van der Waals surface area contributed by atoms with Gasteiger partial charge in [-0.1, -0.05) is 13.8 Å². The Balaban J connectivity index is 0.000000671. The largest absolute Gasteiger partial charge is 0.386 e. The summed E-state index contributed by atoms with van der Waals surface area (Å²) in [6, 6.07) is 1.27. The van der Waals surface area contributed by atoms with Crippen molar-refractivity contribution in [3.05, 3.63) is 29.6 Å². The molecule has 0 radical (unpaired) electrons. The van der Waals surface area contributed by atoms with Gasteiger partial charge in [-0.25, -0.2) is 13.2 Å². The quantitative estimate of drug-likeness (QED) is 0.672. The third kappa shape index (κ3) is 2.97. The third-order valence-electron chi connectivity index (χ3n) is 1.28. The van der Waals surface area contributed by atoms with E-state index in [9.17, 15) is 13.2 Å². The highest BCUT2D eigenvalue weighted by Crippen LogP contribution is 2.17. The standard InChI is InChI=1S/C7H6F3N.C2H6/c1-11-7-3-5(9)4(8)2-6(7)10;1-2/h2-3,11H,1H3;1-2H3. The summed E-state index contributed by atoms with van der Waals surface area (Å²) in [5.74, 6) is -3.04. The lowest BCUT2D eigenvalue weighted by molar-refractivity contribution is 0.496. The zero-order chi connectivity index (χ0) is 10.4. The summed E-state index contributed by atoms with van der Waals surface area (Å²) in [4.78, 5) is 0. The Morgan fingerprint density at radius 2 is 1.38 bits per heavy atom. The molecule has 0 aromatic heterocycles. The van der Waals surface area contributed by atoms with Crippen LogP contribution in [0.1, 0.15) is 13.8 Å². The van der Waals surface area contributed by atoms with E-state index < -0.39 is 17.5 Å². The van der Waals surface area contributed by atoms with Crippen LogP contribution in [0, 0.1) is 17.5 Å². The number of hydrogen-bond acceptors (Lipinski definition) is 1. The highest BCUT2D eigenvalue weighted by molar-refractivity contribution is 5.44. The third-order valence-corrected chi connectivity index (χ3v) is 1.28. The normalized spacial score (nSPS) is 8.77. The maximum Gasteiger partial charge on any atom is 0.161 e. The molecule has 0 saturated carbocycles. The lowest BCUT2D eigenvalue weighted by atomic mass is 10.3. The van der Waals surface area contributed by atoms with Gasteiger partial charge in [-0.2, -0.15) is 0 Å². The van der Waals surface area contributed by atoms with Crippen LogP contribution in [0.4, 0.5) is 18.9 Å². The predicted octanol–water partition coefficient (Wildman–Crippen LogP) is 3.17. The van der Waals surface area contributed by atoms with Gasteiger partial charge >= 0.3 is 0 Å². The Kier molecular flexibility index (Phi) is 4.96. The van der Waals surface area contributed by atoms with Crippen molar-refractivity contribution in [3.63, 3.8) is 0 Å². The first-order valence-electron chi connectivity index (χ1n) is 3.97. The predicted molar refractivity (Wildman–Crippen MR) is 47.2 cm³/mol. The summed E-state index contributed by atoms with van der Waals surface area (Å²) < 4.78 is 37.2. The van der Waals surface area contributed by atoms with E-state index in [0.29, 0.717) is 6.07 Å². The van der Waals surface area contributed by atoms with E-state index in [0.717, 1.165) is 6.07 Å². The minimum absolute atomic E-state index is 0.0519. The van der Waals surface area contributed by atoms with Crippen molar-refractivity contribution in [3.8, 4) is 0 Å². The molecule has 74 valence electrons. The van der Waals surface area contributed by atoms with Gasteiger partial charge in [0.1, 0.15) is 5.82 Å². The highest BCUT2D eigenvalue weighted by Gasteiger charge is 2.07. The van der Waals surface area contributed by atoms with E-state index in [4.69, 9.17) is 0 Å². The average molecular weight is 191 g/mol. The summed E-state index contributed by atoms with van der Waals surface area (Å²) >= 11 is 0. The number of anilines is 1. The van der Waals surface area contributed by atoms with Crippen LogP contribution in [0.2, 0.25) is 0 Å². The summed E-state index contributed by atoms with van der Waals surface area (Å²) in [5.41, 5.74) is -0.0519. The Hall–Kier alpha value is -1.19. The van der Waals surface area contributed by atoms with E-state index in [1.807, 2.05) is 13.8 Å². The molecule has 0 aliphatic heterocycles. The van der Waals surface area contributed by atoms with Crippen molar-refractivity contribution < 1.29 is 13.2 Å². The van der Waals surface area contributed by atoms with Crippen LogP contribution >= 0.6 is 0 Å². The van der Waals surface area contributed by atoms with Gasteiger partial charge in [-0.3, -0.25) is 0 Å². The van der Waals surface area contributed by atoms with Crippen LogP contribution in [0.3, 0.4) is 0 Å². The molecule has 1 aromatic rings. The molecule has 0 bridgehead atoms. The van der Waals surface area contributed by atoms with Crippen LogP contribution in [0.25, 0.3) is 0 Å². The van der Waals surface area contributed by atoms with Crippen LogP contribution < -0.4 is 5.32 Å². The monoisotopic (exact) mass is 191 g/mol. The minimum Gasteiger partial charge on any atom is -0.386 e. The molecule has 0 spiro atoms. The molecule has 1 rings (SSSR count). The van der Waals surface area contributed by atoms with E-state index in [2.05, 4.69) is 5.32 Å². The fourth-order valence-corrected chi connectivity index (χ4v) is 0.714. The molecule has 4 heteroatoms. The van der Waals surface area contributed by atoms with Crippen LogP contribution in [0.15, 0.2) is 12.1 Å². The van der Waals surface area contributed by atoms with Gasteiger partial charge in [0.25, 0.3) is 0 Å². The van der Waals surface area contributed by atoms with Crippen molar-refractivity contribution in [1.29, 1.82) is 0 Å². The second-order valence-electron chi connectivity index (χ2n) is 2.00. The number of rotatable bonds is 1. The van der Waals surface area contributed by atoms with Gasteiger partial charge in [0.05, 0.1) is 5.69 Å². The number of nitrogens with one attached hydrogen (secondary N) is 1. The van der Waals surface area contributed by atoms with Gasteiger partial charge < -0.3 is 5.32 Å². The topological polar surface area (TPSA) is 12.0 Å². The van der Waals surface area contributed by atoms with Gasteiger partial charge in [0.2, 0.25) is 0 Å². The van der Waals surface area contributed by atoms with Crippen molar-refractivity contribution >= 4 is 5.69 Å². The Labute approximate surface area is 75.6 Å². The second kappa shape index (κ2) is 5.45. The maximum absolute atomic E-state index is 12.6. The lowest BCUT2D eigenvalue weighted by Crippen LogP contribution is -1.95. The molecular weight excluding hydrogens is 179 g/mol. The van der Waals surface area contributed by atoms with Crippen molar-refractivity contribution in [2.45, 2.75) is 13.8 Å². The summed E-state index contributed by atoms with van der Waals surface area (Å²) in [6.45, 7) is 4.00. The molecule has 0 aliphatic carbocycles. The summed E-state index contributed by atoms with van der Waals surface area (Å²) in [7, 11) is 1.43. The van der Waals surface area contributed by atoms with E-state index in [-0.39, 0.29) is 5.69 Å². The molecule has 0 heterocycles. The fourth-order valence-electron chi connectivity index (χ4n) is 0.714. The van der Waals surface area contributed by atoms with Gasteiger partial charge in [0, 0.05) is 19.2 Å². The fraction of sp³-hybridized carbons (Fsp3) is 0.333. The first kappa shape index (κ1) is 11.8. The molecule has 0 unspecified atom stereocenters. The number of benzene rings is 1. The molecule has 0 fully saturated rings. The van der Waals surface area contributed by atoms with Crippen LogP contribution in [-0.2, 0) is 0 Å². The van der Waals surface area contributed by atoms with Gasteiger partial charge in [-0.05, 0) is 0 Å². The smallest absolute Gasteiger partial charge is 0.161 e. The van der Waals surface area contributed by atoms with E-state index in [1.165, 1.54) is 7.05 Å². The molecule has 0 saturated heterocycles. The SMILES string of the molecule is CC.CNc1cc(F)c(F)cc1F. The molecule has 1 nitrogen and oxygen atoms in total. The summed E-state index contributed by atoms with van der Waals surface area (Å²) in [6.07, 6.45) is 0. The minimum atomic E-state index is -1.18. The zero-order valence-electron chi connectivity index (χ0n) is 7.79. The first-order valence-corrected chi connectivity index (χ1v) is 3.97. The maximum atomic E-state index is 12.6. The van der Waals surface area contributed by atoms with Gasteiger partial charge in [-0.15, -0.1) is 0 Å². The Morgan fingerprint density at radius 1 is 0.923 bits per heavy atom. The van der Waals surface area contributed by atoms with E-state index >= 15 is 0 Å². The lowest BCUT2D eigenvalue weighted by Gasteiger charge is -2.01. The molecule has 13 heavy (non-hydrogen) atoms. The molecule has 0 amide bonds. The molecule has 0 aliphatic rings. The van der Waals surface area contributed by atoms with Crippen LogP contribution in [-0.4, -0.2) is 7.05 Å². The highest BCUT2D eigenvalue weighted by atomic mass is 19.2. The molecule has 1 aromatic carbocycles. The van der Waals surface area contributed by atoms with Crippen LogP contribution in [0.5, 0.6) is 0 Å². The number of hydrogen-bond donors (Lipinski definition) is 1. The van der Waals surface area contributed by atoms with Crippen molar-refractivity contribution in [2.75, 3.05) is 12.4 Å². The zero-order valence-corrected chi connectivity index (χ0v) is 7.79. The van der Waals surface area contributed by atoms with Gasteiger partial charge in [0.15, 0.2) is 11.6 Å². The summed E-state index contributed by atoms with van der Waals surface area (Å²) in [5, 5.41) is 2.38. The van der Waals surface area contributed by atoms with Crippen molar-refractivity contribution in [2.24, 2.45) is 0 Å². The van der Waals surface area contributed by atoms with E-state index in [1.54, 1.807) is 0 Å². The second-order valence-corrected chi connectivity index (χ2v) is 2.00.